The Morgan fingerprint density at radius 3 is 2.69 bits per heavy atom. The van der Waals surface area contributed by atoms with Gasteiger partial charge in [0.1, 0.15) is 5.69 Å². The Morgan fingerprint density at radius 2 is 1.85 bits per heavy atom. The van der Waals surface area contributed by atoms with Crippen molar-refractivity contribution in [1.82, 2.24) is 9.88 Å². The van der Waals surface area contributed by atoms with E-state index in [9.17, 15) is 9.59 Å². The number of carbonyl (C=O) groups excluding carboxylic acids is 1. The minimum atomic E-state index is -0.148. The molecule has 1 aliphatic rings. The van der Waals surface area contributed by atoms with Crippen LogP contribution in [0.3, 0.4) is 0 Å². The number of benzene rings is 2. The van der Waals surface area contributed by atoms with E-state index in [1.165, 1.54) is 6.07 Å². The van der Waals surface area contributed by atoms with E-state index in [4.69, 9.17) is 0 Å². The van der Waals surface area contributed by atoms with Crippen molar-refractivity contribution in [2.75, 3.05) is 18.5 Å². The largest absolute Gasteiger partial charge is 0.372 e. The number of nitrogens with zero attached hydrogens (tertiary/aromatic N) is 2. The lowest BCUT2D eigenvalue weighted by Crippen LogP contribution is -2.42. The summed E-state index contributed by atoms with van der Waals surface area (Å²) < 4.78 is 0. The summed E-state index contributed by atoms with van der Waals surface area (Å²) in [6.45, 7) is 3.30. The van der Waals surface area contributed by atoms with Gasteiger partial charge in [-0.25, -0.2) is 0 Å². The van der Waals surface area contributed by atoms with Gasteiger partial charge in [-0.2, -0.15) is 0 Å². The van der Waals surface area contributed by atoms with E-state index in [1.807, 2.05) is 55.3 Å². The van der Waals surface area contributed by atoms with Crippen LogP contribution in [0.5, 0.6) is 0 Å². The molecule has 1 aromatic heterocycles. The molecule has 2 heterocycles. The van der Waals surface area contributed by atoms with Crippen LogP contribution in [0.1, 0.15) is 23.0 Å². The lowest BCUT2D eigenvalue weighted by Gasteiger charge is -2.28. The first kappa shape index (κ1) is 16.4. The summed E-state index contributed by atoms with van der Waals surface area (Å²) >= 11 is 0. The molecule has 1 aliphatic heterocycles. The topological polar surface area (TPSA) is 56.4 Å². The van der Waals surface area contributed by atoms with Gasteiger partial charge < -0.3 is 14.8 Å². The number of anilines is 1. The summed E-state index contributed by atoms with van der Waals surface area (Å²) in [6.07, 6.45) is 0. The number of hydrogen-bond donors (Lipinski definition) is 1. The van der Waals surface area contributed by atoms with E-state index in [0.717, 1.165) is 17.8 Å². The second-order valence-corrected chi connectivity index (χ2v) is 6.88. The average Bonchev–Trinajstić information content (AvgIpc) is 2.77. The zero-order chi connectivity index (χ0) is 18.3. The van der Waals surface area contributed by atoms with E-state index in [0.29, 0.717) is 23.1 Å². The number of aromatic amines is 1. The predicted molar refractivity (Wildman–Crippen MR) is 104 cm³/mol. The van der Waals surface area contributed by atoms with Gasteiger partial charge in [-0.05, 0) is 30.7 Å². The molecule has 0 bridgehead atoms. The maximum atomic E-state index is 13.2. The van der Waals surface area contributed by atoms with Crippen LogP contribution in [0.15, 0.2) is 59.4 Å². The predicted octanol–water partition coefficient (Wildman–Crippen LogP) is 3.01. The van der Waals surface area contributed by atoms with Crippen molar-refractivity contribution in [2.24, 2.45) is 0 Å². The van der Waals surface area contributed by atoms with Gasteiger partial charge in [-0.1, -0.05) is 30.3 Å². The Bertz CT molecular complexity index is 1040. The fourth-order valence-electron chi connectivity index (χ4n) is 3.69. The molecule has 4 rings (SSSR count). The van der Waals surface area contributed by atoms with Crippen molar-refractivity contribution in [3.63, 3.8) is 0 Å². The van der Waals surface area contributed by atoms with Gasteiger partial charge in [0.15, 0.2) is 5.43 Å². The maximum Gasteiger partial charge on any atom is 0.271 e. The number of aromatic nitrogens is 1. The first-order chi connectivity index (χ1) is 12.5. The first-order valence-corrected chi connectivity index (χ1v) is 8.76. The quantitative estimate of drug-likeness (QED) is 0.736. The fraction of sp³-hybridized carbons (Fsp3) is 0.238. The molecule has 0 spiro atoms. The molecule has 3 aromatic rings. The van der Waals surface area contributed by atoms with Crippen LogP contribution in [-0.2, 0) is 6.54 Å². The molecule has 2 aromatic carbocycles. The van der Waals surface area contributed by atoms with Crippen molar-refractivity contribution in [3.8, 4) is 0 Å². The van der Waals surface area contributed by atoms with Crippen LogP contribution in [0, 0.1) is 0 Å². The number of nitrogens with one attached hydrogen (secondary N) is 1. The number of amides is 1. The van der Waals surface area contributed by atoms with E-state index in [-0.39, 0.29) is 17.4 Å². The third kappa shape index (κ3) is 2.75. The lowest BCUT2D eigenvalue weighted by molar-refractivity contribution is 0.0681. The number of H-pyrrole nitrogens is 1. The highest BCUT2D eigenvalue weighted by molar-refractivity contribution is 5.95. The molecule has 0 fully saturated rings. The molecule has 1 atom stereocenters. The van der Waals surface area contributed by atoms with Crippen LogP contribution in [0.25, 0.3) is 10.9 Å². The van der Waals surface area contributed by atoms with Crippen LogP contribution in [0.4, 0.5) is 5.69 Å². The zero-order valence-electron chi connectivity index (χ0n) is 14.9. The molecular formula is C21H21N3O2. The van der Waals surface area contributed by atoms with Gasteiger partial charge in [-0.3, -0.25) is 9.59 Å². The molecule has 26 heavy (non-hydrogen) atoms. The molecule has 132 valence electrons. The first-order valence-electron chi connectivity index (χ1n) is 8.76. The van der Waals surface area contributed by atoms with Crippen molar-refractivity contribution in [1.29, 1.82) is 0 Å². The van der Waals surface area contributed by atoms with Gasteiger partial charge in [0.05, 0.1) is 0 Å². The van der Waals surface area contributed by atoms with Crippen LogP contribution in [0.2, 0.25) is 0 Å². The molecule has 0 saturated carbocycles. The summed E-state index contributed by atoms with van der Waals surface area (Å²) in [5, 5.41) is 0.595. The van der Waals surface area contributed by atoms with Gasteiger partial charge in [0.25, 0.3) is 5.91 Å². The smallest absolute Gasteiger partial charge is 0.271 e. The van der Waals surface area contributed by atoms with Crippen LogP contribution < -0.4 is 10.3 Å². The summed E-state index contributed by atoms with van der Waals surface area (Å²) in [7, 11) is 2.04. The number of fused-ring (bicyclic) bond motifs is 2. The Balaban J connectivity index is 1.75. The third-order valence-electron chi connectivity index (χ3n) is 5.04. The van der Waals surface area contributed by atoms with E-state index in [2.05, 4.69) is 16.0 Å². The van der Waals surface area contributed by atoms with E-state index in [1.54, 1.807) is 6.07 Å². The van der Waals surface area contributed by atoms with Gasteiger partial charge >= 0.3 is 0 Å². The van der Waals surface area contributed by atoms with E-state index < -0.39 is 0 Å². The Morgan fingerprint density at radius 1 is 1.12 bits per heavy atom. The Labute approximate surface area is 151 Å². The lowest BCUT2D eigenvalue weighted by atomic mass is 10.1. The summed E-state index contributed by atoms with van der Waals surface area (Å²) in [5.41, 5.74) is 3.13. The number of carbonyl (C=O) groups is 1. The van der Waals surface area contributed by atoms with Crippen molar-refractivity contribution >= 4 is 22.5 Å². The molecule has 5 nitrogen and oxygen atoms in total. The molecule has 1 N–H and O–H groups in total. The Hall–Kier alpha value is -3.08. The SMILES string of the molecule is C[C@@H]1CN(C)c2ccccc2CN1C(=O)c1cc(=O)c2ccccc2[nH]1. The second-order valence-electron chi connectivity index (χ2n) is 6.88. The second kappa shape index (κ2) is 6.33. The van der Waals surface area contributed by atoms with E-state index >= 15 is 0 Å². The summed E-state index contributed by atoms with van der Waals surface area (Å²) in [6, 6.07) is 16.8. The van der Waals surface area contributed by atoms with Gasteiger partial charge in [-0.15, -0.1) is 0 Å². The number of para-hydroxylation sites is 2. The van der Waals surface area contributed by atoms with Crippen molar-refractivity contribution in [3.05, 3.63) is 76.1 Å². The Kier molecular flexibility index (Phi) is 3.99. The maximum absolute atomic E-state index is 13.2. The molecular weight excluding hydrogens is 326 g/mol. The minimum Gasteiger partial charge on any atom is -0.372 e. The van der Waals surface area contributed by atoms with Crippen LogP contribution in [-0.4, -0.2) is 35.4 Å². The number of likely N-dealkylation sites (N-methyl/N-ethyl adjacent to an activating group) is 1. The third-order valence-corrected chi connectivity index (χ3v) is 5.04. The van der Waals surface area contributed by atoms with Crippen LogP contribution >= 0.6 is 0 Å². The molecule has 0 saturated heterocycles. The highest BCUT2D eigenvalue weighted by atomic mass is 16.2. The molecule has 0 radical (unpaired) electrons. The normalized spacial score (nSPS) is 17.1. The summed E-state index contributed by atoms with van der Waals surface area (Å²) in [4.78, 5) is 32.7. The molecule has 5 heteroatoms. The zero-order valence-corrected chi connectivity index (χ0v) is 14.9. The highest BCUT2D eigenvalue weighted by Gasteiger charge is 2.28. The average molecular weight is 347 g/mol. The highest BCUT2D eigenvalue weighted by Crippen LogP contribution is 2.26. The minimum absolute atomic E-state index is 0.0230. The summed E-state index contributed by atoms with van der Waals surface area (Å²) in [5.74, 6) is -0.148. The van der Waals surface area contributed by atoms with Crippen molar-refractivity contribution in [2.45, 2.75) is 19.5 Å². The monoisotopic (exact) mass is 347 g/mol. The number of pyridine rings is 1. The molecule has 0 unspecified atom stereocenters. The fourth-order valence-corrected chi connectivity index (χ4v) is 3.69. The van der Waals surface area contributed by atoms with Crippen molar-refractivity contribution < 1.29 is 4.79 Å². The van der Waals surface area contributed by atoms with Gasteiger partial charge in [0, 0.05) is 48.8 Å². The molecule has 0 aliphatic carbocycles. The standard InChI is InChI=1S/C21H21N3O2/c1-14-12-23(2)19-10-6-3-7-15(19)13-24(14)21(26)18-11-20(25)16-8-4-5-9-17(16)22-18/h3-11,14H,12-13H2,1-2H3,(H,22,25)/t14-/m1/s1. The molecule has 1 amide bonds. The van der Waals surface area contributed by atoms with Gasteiger partial charge in [0.2, 0.25) is 0 Å². The number of hydrogen-bond acceptors (Lipinski definition) is 3. The number of rotatable bonds is 1.